The van der Waals surface area contributed by atoms with E-state index in [2.05, 4.69) is 20.4 Å². The van der Waals surface area contributed by atoms with Crippen LogP contribution in [0.3, 0.4) is 0 Å². The molecule has 7 heteroatoms. The molecule has 3 aromatic rings. The lowest BCUT2D eigenvalue weighted by Crippen LogP contribution is -2.18. The second kappa shape index (κ2) is 8.56. The fourth-order valence-electron chi connectivity index (χ4n) is 2.02. The first-order chi connectivity index (χ1) is 11.8. The molecule has 0 unspecified atom stereocenters. The average molecular weight is 356 g/mol. The lowest BCUT2D eigenvalue weighted by atomic mass is 10.2. The highest BCUT2D eigenvalue weighted by atomic mass is 32.2. The van der Waals surface area contributed by atoms with Crippen LogP contribution in [0.1, 0.15) is 11.4 Å². The Balaban J connectivity index is 1.42. The Morgan fingerprint density at radius 3 is 2.83 bits per heavy atom. The van der Waals surface area contributed by atoms with Crippen molar-refractivity contribution >= 4 is 28.3 Å². The van der Waals surface area contributed by atoms with Crippen LogP contribution in [0.15, 0.2) is 59.4 Å². The first-order valence-electron chi connectivity index (χ1n) is 7.49. The summed E-state index contributed by atoms with van der Waals surface area (Å²) in [7, 11) is 0. The van der Waals surface area contributed by atoms with Crippen molar-refractivity contribution in [2.45, 2.75) is 13.0 Å². The fraction of sp³-hybridized carbons (Fsp3) is 0.176. The van der Waals surface area contributed by atoms with Crippen LogP contribution >= 0.6 is 24.0 Å². The molecule has 1 N–H and O–H groups in total. The maximum absolute atomic E-state index is 5.32. The Kier molecular flexibility index (Phi) is 5.92. The molecule has 0 atom stereocenters. The van der Waals surface area contributed by atoms with Crippen LogP contribution in [0.2, 0.25) is 0 Å². The van der Waals surface area contributed by atoms with Crippen molar-refractivity contribution in [3.8, 4) is 11.5 Å². The van der Waals surface area contributed by atoms with Crippen molar-refractivity contribution in [2.75, 3.05) is 5.75 Å². The molecule has 1 aromatic carbocycles. The van der Waals surface area contributed by atoms with E-state index in [1.807, 2.05) is 48.7 Å². The number of aromatic nitrogens is 3. The van der Waals surface area contributed by atoms with E-state index in [1.54, 1.807) is 18.0 Å². The summed E-state index contributed by atoms with van der Waals surface area (Å²) in [4.78, 5) is 8.48. The second-order valence-corrected chi connectivity index (χ2v) is 6.75. The van der Waals surface area contributed by atoms with E-state index in [9.17, 15) is 0 Å². The predicted molar refractivity (Wildman–Crippen MR) is 99.6 cm³/mol. The maximum Gasteiger partial charge on any atom is 0.257 e. The third kappa shape index (κ3) is 4.87. The molecule has 5 nitrogen and oxygen atoms in total. The minimum atomic E-state index is 0.549. The Hall–Kier alpha value is -2.25. The molecule has 24 heavy (non-hydrogen) atoms. The summed E-state index contributed by atoms with van der Waals surface area (Å²) in [6, 6.07) is 13.7. The minimum absolute atomic E-state index is 0.549. The van der Waals surface area contributed by atoms with Gasteiger partial charge in [0.25, 0.3) is 5.89 Å². The number of hydrogen-bond acceptors (Lipinski definition) is 6. The van der Waals surface area contributed by atoms with Crippen LogP contribution in [0.4, 0.5) is 0 Å². The lowest BCUT2D eigenvalue weighted by molar-refractivity contribution is 0.423. The standard InChI is InChI=1S/C17H16N4OS2/c23-17(19-12-13-5-4-9-18-11-13)24-10-8-15-20-16(22-21-15)14-6-2-1-3-7-14/h1-7,9,11H,8,10,12H2,(H,19,23). The number of benzene rings is 1. The predicted octanol–water partition coefficient (Wildman–Crippen LogP) is 3.48. The summed E-state index contributed by atoms with van der Waals surface area (Å²) in [5.41, 5.74) is 2.03. The van der Waals surface area contributed by atoms with Crippen LogP contribution < -0.4 is 5.32 Å². The molecule has 0 amide bonds. The third-order valence-corrected chi connectivity index (χ3v) is 4.52. The van der Waals surface area contributed by atoms with E-state index in [-0.39, 0.29) is 0 Å². The van der Waals surface area contributed by atoms with Crippen molar-refractivity contribution in [3.05, 3.63) is 66.2 Å². The summed E-state index contributed by atoms with van der Waals surface area (Å²) in [6.07, 6.45) is 4.28. The second-order valence-electron chi connectivity index (χ2n) is 4.98. The van der Waals surface area contributed by atoms with Crippen molar-refractivity contribution in [1.82, 2.24) is 20.4 Å². The van der Waals surface area contributed by atoms with Crippen molar-refractivity contribution < 1.29 is 4.52 Å². The van der Waals surface area contributed by atoms with Gasteiger partial charge in [-0.1, -0.05) is 53.4 Å². The van der Waals surface area contributed by atoms with E-state index in [0.717, 1.165) is 21.2 Å². The molecular formula is C17H16N4OS2. The first-order valence-corrected chi connectivity index (χ1v) is 8.88. The molecule has 3 rings (SSSR count). The lowest BCUT2D eigenvalue weighted by Gasteiger charge is -2.06. The molecule has 0 fully saturated rings. The van der Waals surface area contributed by atoms with E-state index in [0.29, 0.717) is 24.7 Å². The summed E-state index contributed by atoms with van der Waals surface area (Å²) in [6.45, 7) is 0.681. The van der Waals surface area contributed by atoms with Gasteiger partial charge >= 0.3 is 0 Å². The van der Waals surface area contributed by atoms with Gasteiger partial charge in [-0.05, 0) is 23.8 Å². The van der Waals surface area contributed by atoms with E-state index in [4.69, 9.17) is 16.7 Å². The zero-order chi connectivity index (χ0) is 16.6. The smallest absolute Gasteiger partial charge is 0.257 e. The van der Waals surface area contributed by atoms with Crippen molar-refractivity contribution in [2.24, 2.45) is 0 Å². The fourth-order valence-corrected chi connectivity index (χ4v) is 2.98. The number of thioether (sulfide) groups is 1. The Morgan fingerprint density at radius 2 is 2.04 bits per heavy atom. The summed E-state index contributed by atoms with van der Waals surface area (Å²) >= 11 is 6.89. The third-order valence-electron chi connectivity index (χ3n) is 3.21. The molecule has 122 valence electrons. The summed E-state index contributed by atoms with van der Waals surface area (Å²) in [5.74, 6) is 2.04. The Labute approximate surface area is 149 Å². The summed E-state index contributed by atoms with van der Waals surface area (Å²) < 4.78 is 6.04. The van der Waals surface area contributed by atoms with Crippen LogP contribution in [0.25, 0.3) is 11.5 Å². The van der Waals surface area contributed by atoms with Gasteiger partial charge in [-0.3, -0.25) is 4.98 Å². The zero-order valence-electron chi connectivity index (χ0n) is 12.9. The van der Waals surface area contributed by atoms with Crippen LogP contribution in [-0.4, -0.2) is 25.2 Å². The quantitative estimate of drug-likeness (QED) is 0.678. The number of thiocarbonyl (C=S) groups is 1. The SMILES string of the molecule is S=C(NCc1cccnc1)SCCc1noc(-c2ccccc2)n1. The molecule has 0 radical (unpaired) electrons. The molecule has 0 saturated carbocycles. The van der Waals surface area contributed by atoms with Gasteiger partial charge in [0.2, 0.25) is 0 Å². The van der Waals surface area contributed by atoms with E-state index in [1.165, 1.54) is 0 Å². The highest BCUT2D eigenvalue weighted by Gasteiger charge is 2.08. The molecule has 0 saturated heterocycles. The van der Waals surface area contributed by atoms with Gasteiger partial charge in [0.15, 0.2) is 5.82 Å². The number of hydrogen-bond donors (Lipinski definition) is 1. The molecule has 2 heterocycles. The molecule has 0 spiro atoms. The molecule has 0 aliphatic carbocycles. The average Bonchev–Trinajstić information content (AvgIpc) is 3.11. The zero-order valence-corrected chi connectivity index (χ0v) is 14.5. The van der Waals surface area contributed by atoms with E-state index >= 15 is 0 Å². The first kappa shape index (κ1) is 16.6. The monoisotopic (exact) mass is 356 g/mol. The molecule has 2 aromatic heterocycles. The van der Waals surface area contributed by atoms with Crippen LogP contribution in [-0.2, 0) is 13.0 Å². The highest BCUT2D eigenvalue weighted by molar-refractivity contribution is 8.22. The molecular weight excluding hydrogens is 340 g/mol. The van der Waals surface area contributed by atoms with Gasteiger partial charge in [-0.15, -0.1) is 0 Å². The van der Waals surface area contributed by atoms with Crippen molar-refractivity contribution in [3.63, 3.8) is 0 Å². The largest absolute Gasteiger partial charge is 0.367 e. The van der Waals surface area contributed by atoms with Gasteiger partial charge in [-0.25, -0.2) is 0 Å². The molecule has 0 aliphatic rings. The van der Waals surface area contributed by atoms with E-state index < -0.39 is 0 Å². The number of pyridine rings is 1. The molecule has 0 aliphatic heterocycles. The van der Waals surface area contributed by atoms with Gasteiger partial charge in [0.1, 0.15) is 4.32 Å². The van der Waals surface area contributed by atoms with Crippen molar-refractivity contribution in [1.29, 1.82) is 0 Å². The van der Waals surface area contributed by atoms with Gasteiger partial charge in [-0.2, -0.15) is 4.98 Å². The maximum atomic E-state index is 5.32. The normalized spacial score (nSPS) is 10.5. The van der Waals surface area contributed by atoms with Crippen LogP contribution in [0.5, 0.6) is 0 Å². The number of aryl methyl sites for hydroxylation is 1. The van der Waals surface area contributed by atoms with Gasteiger partial charge in [0, 0.05) is 36.7 Å². The number of nitrogens with one attached hydrogen (secondary N) is 1. The van der Waals surface area contributed by atoms with Gasteiger partial charge in [0.05, 0.1) is 0 Å². The topological polar surface area (TPSA) is 63.8 Å². The highest BCUT2D eigenvalue weighted by Crippen LogP contribution is 2.16. The number of rotatable bonds is 6. The van der Waals surface area contributed by atoms with Gasteiger partial charge < -0.3 is 9.84 Å². The minimum Gasteiger partial charge on any atom is -0.367 e. The van der Waals surface area contributed by atoms with Crippen LogP contribution in [0, 0.1) is 0 Å². The molecule has 0 bridgehead atoms. The Morgan fingerprint density at radius 1 is 1.17 bits per heavy atom. The number of nitrogens with zero attached hydrogens (tertiary/aromatic N) is 3. The summed E-state index contributed by atoms with van der Waals surface area (Å²) in [5, 5.41) is 7.22. The Bertz CT molecular complexity index is 778.